The molecule has 0 spiro atoms. The van der Waals surface area contributed by atoms with E-state index in [0.717, 1.165) is 0 Å². The van der Waals surface area contributed by atoms with E-state index in [1.807, 2.05) is 0 Å². The summed E-state index contributed by atoms with van der Waals surface area (Å²) >= 11 is 1.24. The standard InChI is InChI=1S/C11H17N3O4S/c1-7(9(15)12-4-5-17-2)13-11-14-8(6-19-11)10(16)18-3/h6-7H,4-5H2,1-3H3,(H,12,15)(H,13,14). The highest BCUT2D eigenvalue weighted by atomic mass is 32.1. The zero-order valence-electron chi connectivity index (χ0n) is 11.1. The van der Waals surface area contributed by atoms with Gasteiger partial charge in [0, 0.05) is 19.0 Å². The summed E-state index contributed by atoms with van der Waals surface area (Å²) in [7, 11) is 2.86. The van der Waals surface area contributed by atoms with Gasteiger partial charge in [0.05, 0.1) is 13.7 Å². The number of aromatic nitrogens is 1. The summed E-state index contributed by atoms with van der Waals surface area (Å²) in [4.78, 5) is 26.9. The summed E-state index contributed by atoms with van der Waals surface area (Å²) in [6.07, 6.45) is 0. The summed E-state index contributed by atoms with van der Waals surface area (Å²) in [5.41, 5.74) is 0.224. The van der Waals surface area contributed by atoms with Crippen molar-refractivity contribution in [2.45, 2.75) is 13.0 Å². The van der Waals surface area contributed by atoms with Crippen molar-refractivity contribution in [1.29, 1.82) is 0 Å². The first-order valence-corrected chi connectivity index (χ1v) is 6.53. The topological polar surface area (TPSA) is 89.5 Å². The lowest BCUT2D eigenvalue weighted by Gasteiger charge is -2.12. The summed E-state index contributed by atoms with van der Waals surface area (Å²) in [6.45, 7) is 2.62. The van der Waals surface area contributed by atoms with Gasteiger partial charge in [0.15, 0.2) is 10.8 Å². The van der Waals surface area contributed by atoms with Crippen molar-refractivity contribution in [3.63, 3.8) is 0 Å². The van der Waals surface area contributed by atoms with Gasteiger partial charge in [-0.15, -0.1) is 11.3 Å². The largest absolute Gasteiger partial charge is 0.464 e. The Kier molecular flexibility index (Phi) is 6.23. The maximum Gasteiger partial charge on any atom is 0.357 e. The molecule has 7 nitrogen and oxygen atoms in total. The van der Waals surface area contributed by atoms with Gasteiger partial charge >= 0.3 is 5.97 Å². The van der Waals surface area contributed by atoms with E-state index in [1.165, 1.54) is 18.4 Å². The molecule has 0 aromatic carbocycles. The normalized spacial score (nSPS) is 11.7. The van der Waals surface area contributed by atoms with E-state index in [2.05, 4.69) is 20.4 Å². The van der Waals surface area contributed by atoms with Crippen LogP contribution < -0.4 is 10.6 Å². The second-order valence-corrected chi connectivity index (χ2v) is 4.54. The van der Waals surface area contributed by atoms with Crippen LogP contribution in [0.4, 0.5) is 5.13 Å². The molecule has 1 unspecified atom stereocenters. The lowest BCUT2D eigenvalue weighted by molar-refractivity contribution is -0.121. The highest BCUT2D eigenvalue weighted by molar-refractivity contribution is 7.13. The molecule has 1 rings (SSSR count). The molecule has 0 saturated heterocycles. The number of hydrogen-bond donors (Lipinski definition) is 2. The fourth-order valence-corrected chi connectivity index (χ4v) is 1.99. The van der Waals surface area contributed by atoms with Crippen molar-refractivity contribution in [3.05, 3.63) is 11.1 Å². The molecule has 0 aliphatic heterocycles. The van der Waals surface area contributed by atoms with Crippen LogP contribution in [0.25, 0.3) is 0 Å². The molecule has 106 valence electrons. The van der Waals surface area contributed by atoms with E-state index in [0.29, 0.717) is 18.3 Å². The molecule has 0 aliphatic carbocycles. The Bertz CT molecular complexity index is 435. The SMILES string of the molecule is COCCNC(=O)C(C)Nc1nc(C(=O)OC)cs1. The fourth-order valence-electron chi connectivity index (χ4n) is 1.22. The molecule has 0 fully saturated rings. The Labute approximate surface area is 115 Å². The third-order valence-electron chi connectivity index (χ3n) is 2.24. The second kappa shape index (κ2) is 7.70. The van der Waals surface area contributed by atoms with Gasteiger partial charge in [0.25, 0.3) is 0 Å². The summed E-state index contributed by atoms with van der Waals surface area (Å²) < 4.78 is 9.39. The number of carbonyl (C=O) groups excluding carboxylic acids is 2. The van der Waals surface area contributed by atoms with Gasteiger partial charge in [-0.1, -0.05) is 0 Å². The predicted molar refractivity (Wildman–Crippen MR) is 71.4 cm³/mol. The van der Waals surface area contributed by atoms with E-state index in [1.54, 1.807) is 19.4 Å². The second-order valence-electron chi connectivity index (χ2n) is 3.68. The van der Waals surface area contributed by atoms with E-state index in [-0.39, 0.29) is 11.6 Å². The molecule has 1 atom stereocenters. The number of thiazole rings is 1. The molecule has 1 aromatic heterocycles. The van der Waals surface area contributed by atoms with Gasteiger partial charge in [-0.2, -0.15) is 0 Å². The van der Waals surface area contributed by atoms with Crippen LogP contribution in [0.1, 0.15) is 17.4 Å². The van der Waals surface area contributed by atoms with Crippen molar-refractivity contribution in [2.75, 3.05) is 32.7 Å². The Morgan fingerprint density at radius 3 is 2.84 bits per heavy atom. The molecule has 0 aliphatic rings. The molecule has 0 saturated carbocycles. The minimum Gasteiger partial charge on any atom is -0.464 e. The Balaban J connectivity index is 2.47. The average molecular weight is 287 g/mol. The maximum absolute atomic E-state index is 11.7. The van der Waals surface area contributed by atoms with Crippen molar-refractivity contribution < 1.29 is 19.1 Å². The van der Waals surface area contributed by atoms with Crippen molar-refractivity contribution in [3.8, 4) is 0 Å². The molecule has 1 amide bonds. The molecule has 8 heteroatoms. The quantitative estimate of drug-likeness (QED) is 0.560. The van der Waals surface area contributed by atoms with Crippen molar-refractivity contribution >= 4 is 28.3 Å². The monoisotopic (exact) mass is 287 g/mol. The number of anilines is 1. The molecule has 0 radical (unpaired) electrons. The Morgan fingerprint density at radius 1 is 1.47 bits per heavy atom. The highest BCUT2D eigenvalue weighted by Gasteiger charge is 2.15. The molecule has 2 N–H and O–H groups in total. The average Bonchev–Trinajstić information content (AvgIpc) is 2.86. The molecule has 1 aromatic rings. The van der Waals surface area contributed by atoms with Crippen LogP contribution in [0, 0.1) is 0 Å². The van der Waals surface area contributed by atoms with Crippen LogP contribution in [-0.2, 0) is 14.3 Å². The summed E-state index contributed by atoms with van der Waals surface area (Å²) in [5, 5.41) is 7.69. The van der Waals surface area contributed by atoms with E-state index < -0.39 is 12.0 Å². The third-order valence-corrected chi connectivity index (χ3v) is 3.01. The first-order chi connectivity index (χ1) is 9.08. The van der Waals surface area contributed by atoms with Gasteiger partial charge < -0.3 is 20.1 Å². The van der Waals surface area contributed by atoms with Gasteiger partial charge in [-0.05, 0) is 6.92 Å². The first kappa shape index (κ1) is 15.4. The van der Waals surface area contributed by atoms with Gasteiger partial charge in [-0.25, -0.2) is 9.78 Å². The van der Waals surface area contributed by atoms with Crippen LogP contribution in [-0.4, -0.2) is 50.3 Å². The maximum atomic E-state index is 11.7. The number of hydrogen-bond acceptors (Lipinski definition) is 7. The number of carbonyl (C=O) groups is 2. The molecular weight excluding hydrogens is 270 g/mol. The smallest absolute Gasteiger partial charge is 0.357 e. The molecular formula is C11H17N3O4S. The van der Waals surface area contributed by atoms with Crippen LogP contribution in [0.5, 0.6) is 0 Å². The van der Waals surface area contributed by atoms with E-state index in [9.17, 15) is 9.59 Å². The lowest BCUT2D eigenvalue weighted by Crippen LogP contribution is -2.39. The van der Waals surface area contributed by atoms with Gasteiger partial charge in [0.1, 0.15) is 6.04 Å². The highest BCUT2D eigenvalue weighted by Crippen LogP contribution is 2.16. The zero-order valence-corrected chi connectivity index (χ0v) is 11.9. The molecule has 19 heavy (non-hydrogen) atoms. The van der Waals surface area contributed by atoms with Gasteiger partial charge in [0.2, 0.25) is 5.91 Å². The third kappa shape index (κ3) is 4.84. The number of rotatable bonds is 7. The Hall–Kier alpha value is -1.67. The molecule has 0 bridgehead atoms. The number of methoxy groups -OCH3 is 2. The van der Waals surface area contributed by atoms with E-state index >= 15 is 0 Å². The number of ether oxygens (including phenoxy) is 2. The fraction of sp³-hybridized carbons (Fsp3) is 0.545. The Morgan fingerprint density at radius 2 is 2.21 bits per heavy atom. The van der Waals surface area contributed by atoms with Crippen LogP contribution in [0.2, 0.25) is 0 Å². The van der Waals surface area contributed by atoms with Crippen LogP contribution in [0.3, 0.4) is 0 Å². The predicted octanol–water partition coefficient (Wildman–Crippen LogP) is 0.493. The minimum atomic E-state index is -0.499. The summed E-state index contributed by atoms with van der Waals surface area (Å²) in [6, 6.07) is -0.450. The van der Waals surface area contributed by atoms with Crippen LogP contribution in [0.15, 0.2) is 5.38 Å². The molecule has 1 heterocycles. The number of amides is 1. The first-order valence-electron chi connectivity index (χ1n) is 5.65. The van der Waals surface area contributed by atoms with Crippen molar-refractivity contribution in [2.24, 2.45) is 0 Å². The zero-order chi connectivity index (χ0) is 14.3. The van der Waals surface area contributed by atoms with E-state index in [4.69, 9.17) is 4.74 Å². The summed E-state index contributed by atoms with van der Waals surface area (Å²) in [5.74, 6) is -0.659. The van der Waals surface area contributed by atoms with Crippen molar-refractivity contribution in [1.82, 2.24) is 10.3 Å². The minimum absolute atomic E-state index is 0.160. The number of nitrogens with one attached hydrogen (secondary N) is 2. The van der Waals surface area contributed by atoms with Gasteiger partial charge in [-0.3, -0.25) is 4.79 Å². The number of esters is 1. The lowest BCUT2D eigenvalue weighted by atomic mass is 10.3. The van der Waals surface area contributed by atoms with Crippen LogP contribution >= 0.6 is 11.3 Å². The number of nitrogens with zero attached hydrogens (tertiary/aromatic N) is 1.